The van der Waals surface area contributed by atoms with E-state index in [2.05, 4.69) is 40.0 Å². The highest BCUT2D eigenvalue weighted by atomic mass is 32.1. The normalized spacial score (nSPS) is 19.8. The smallest absolute Gasteiger partial charge is 0.224 e. The molecule has 0 spiro atoms. The molecule has 4 nitrogen and oxygen atoms in total. The molecule has 1 fully saturated rings. The predicted octanol–water partition coefficient (Wildman–Crippen LogP) is 2.49. The minimum absolute atomic E-state index is 0.00960. The van der Waals surface area contributed by atoms with E-state index in [0.717, 1.165) is 25.6 Å². The van der Waals surface area contributed by atoms with Gasteiger partial charge in [-0.2, -0.15) is 0 Å². The van der Waals surface area contributed by atoms with Gasteiger partial charge in [-0.1, -0.05) is 19.9 Å². The molecule has 0 aliphatic carbocycles. The summed E-state index contributed by atoms with van der Waals surface area (Å²) in [5, 5.41) is 8.34. The maximum Gasteiger partial charge on any atom is 0.224 e. The monoisotopic (exact) mass is 323 g/mol. The van der Waals surface area contributed by atoms with Crippen molar-refractivity contribution in [3.8, 4) is 0 Å². The van der Waals surface area contributed by atoms with Crippen molar-refractivity contribution in [2.45, 2.75) is 32.7 Å². The molecule has 124 valence electrons. The molecule has 1 aliphatic rings. The zero-order chi connectivity index (χ0) is 15.9. The molecule has 2 heterocycles. The van der Waals surface area contributed by atoms with Crippen LogP contribution in [0.3, 0.4) is 0 Å². The summed E-state index contributed by atoms with van der Waals surface area (Å²) in [5.41, 5.74) is 0. The number of hydrogen-bond acceptors (Lipinski definition) is 4. The van der Waals surface area contributed by atoms with Crippen LogP contribution in [0.15, 0.2) is 17.5 Å². The lowest BCUT2D eigenvalue weighted by Gasteiger charge is -2.36. The van der Waals surface area contributed by atoms with Crippen LogP contribution in [-0.2, 0) is 4.79 Å². The summed E-state index contributed by atoms with van der Waals surface area (Å²) in [5.74, 6) is 0.974. The molecule has 2 unspecified atom stereocenters. The van der Waals surface area contributed by atoms with Crippen LogP contribution in [-0.4, -0.2) is 44.0 Å². The lowest BCUT2D eigenvalue weighted by molar-refractivity contribution is -0.124. The predicted molar refractivity (Wildman–Crippen MR) is 93.1 cm³/mol. The fraction of sp³-hybridized carbons (Fsp3) is 0.706. The van der Waals surface area contributed by atoms with Crippen molar-refractivity contribution in [3.05, 3.63) is 22.4 Å². The highest BCUT2D eigenvalue weighted by Crippen LogP contribution is 2.29. The first-order valence-corrected chi connectivity index (χ1v) is 9.19. The van der Waals surface area contributed by atoms with Gasteiger partial charge >= 0.3 is 0 Å². The van der Waals surface area contributed by atoms with Crippen LogP contribution in [0.4, 0.5) is 0 Å². The molecule has 2 N–H and O–H groups in total. The summed E-state index contributed by atoms with van der Waals surface area (Å²) < 4.78 is 0. The minimum atomic E-state index is 0.00960. The second kappa shape index (κ2) is 8.65. The lowest BCUT2D eigenvalue weighted by atomic mass is 9.97. The third-order valence-corrected chi connectivity index (χ3v) is 5.53. The number of hydrogen-bond donors (Lipinski definition) is 2. The second-order valence-electron chi connectivity index (χ2n) is 6.45. The number of carbonyl (C=O) groups excluding carboxylic acids is 1. The number of carbonyl (C=O) groups is 1. The summed E-state index contributed by atoms with van der Waals surface area (Å²) in [6.07, 6.45) is 2.51. The van der Waals surface area contributed by atoms with Gasteiger partial charge in [0.2, 0.25) is 5.91 Å². The zero-order valence-electron chi connectivity index (χ0n) is 14.0. The topological polar surface area (TPSA) is 44.4 Å². The lowest BCUT2D eigenvalue weighted by Crippen LogP contribution is -2.43. The van der Waals surface area contributed by atoms with Crippen LogP contribution >= 0.6 is 11.3 Å². The highest BCUT2D eigenvalue weighted by Gasteiger charge is 2.26. The van der Waals surface area contributed by atoms with Gasteiger partial charge in [-0.05, 0) is 50.3 Å². The van der Waals surface area contributed by atoms with Crippen molar-refractivity contribution in [1.29, 1.82) is 0 Å². The van der Waals surface area contributed by atoms with Crippen LogP contribution in [0.2, 0.25) is 0 Å². The number of piperidine rings is 1. The molecule has 0 bridgehead atoms. The van der Waals surface area contributed by atoms with Crippen LogP contribution in [0.1, 0.15) is 37.6 Å². The first-order chi connectivity index (χ1) is 10.6. The van der Waals surface area contributed by atoms with E-state index < -0.39 is 0 Å². The first-order valence-electron chi connectivity index (χ1n) is 8.31. The summed E-state index contributed by atoms with van der Waals surface area (Å²) >= 11 is 1.79. The first kappa shape index (κ1) is 17.4. The van der Waals surface area contributed by atoms with Crippen molar-refractivity contribution < 1.29 is 4.79 Å². The molecule has 22 heavy (non-hydrogen) atoms. The molecule has 5 heteroatoms. The fourth-order valence-electron chi connectivity index (χ4n) is 3.00. The summed E-state index contributed by atoms with van der Waals surface area (Å²) in [7, 11) is 1.88. The average molecular weight is 324 g/mol. The van der Waals surface area contributed by atoms with E-state index in [9.17, 15) is 4.79 Å². The molecule has 1 aromatic rings. The highest BCUT2D eigenvalue weighted by molar-refractivity contribution is 7.10. The number of nitrogens with one attached hydrogen (secondary N) is 2. The molecule has 1 aromatic heterocycles. The molecule has 2 atom stereocenters. The van der Waals surface area contributed by atoms with Gasteiger partial charge in [0.05, 0.1) is 6.04 Å². The number of thiophene rings is 1. The van der Waals surface area contributed by atoms with E-state index >= 15 is 0 Å². The van der Waals surface area contributed by atoms with Gasteiger partial charge < -0.3 is 10.6 Å². The van der Waals surface area contributed by atoms with Gasteiger partial charge in [-0.15, -0.1) is 11.3 Å². The van der Waals surface area contributed by atoms with E-state index in [4.69, 9.17) is 0 Å². The van der Waals surface area contributed by atoms with Crippen LogP contribution in [0.25, 0.3) is 0 Å². The Morgan fingerprint density at radius 2 is 2.14 bits per heavy atom. The van der Waals surface area contributed by atoms with Crippen molar-refractivity contribution in [3.63, 3.8) is 0 Å². The second-order valence-corrected chi connectivity index (χ2v) is 7.43. The number of amides is 1. The molecule has 2 rings (SSSR count). The van der Waals surface area contributed by atoms with Gasteiger partial charge in [-0.3, -0.25) is 9.69 Å². The largest absolute Gasteiger partial charge is 0.354 e. The molecule has 0 radical (unpaired) electrons. The maximum atomic E-state index is 12.2. The van der Waals surface area contributed by atoms with E-state index in [0.29, 0.717) is 12.6 Å². The Balaban J connectivity index is 1.95. The van der Waals surface area contributed by atoms with E-state index in [1.165, 1.54) is 17.7 Å². The molecule has 1 saturated heterocycles. The standard InChI is InChI=1S/C17H29N3OS/c1-13-6-8-20(9-7-13)15(16-5-4-10-22-16)12-19-17(21)14(2)11-18-3/h4-5,10,13-15,18H,6-9,11-12H2,1-3H3,(H,19,21). The van der Waals surface area contributed by atoms with E-state index in [1.807, 2.05) is 14.0 Å². The van der Waals surface area contributed by atoms with Crippen LogP contribution < -0.4 is 10.6 Å². The summed E-state index contributed by atoms with van der Waals surface area (Å²) in [6, 6.07) is 4.61. The Morgan fingerprint density at radius 3 is 2.73 bits per heavy atom. The number of likely N-dealkylation sites (tertiary alicyclic amines) is 1. The van der Waals surface area contributed by atoms with Gasteiger partial charge in [0.1, 0.15) is 0 Å². The zero-order valence-corrected chi connectivity index (χ0v) is 14.8. The van der Waals surface area contributed by atoms with Crippen molar-refractivity contribution >= 4 is 17.2 Å². The van der Waals surface area contributed by atoms with Gasteiger partial charge in [0.15, 0.2) is 0 Å². The van der Waals surface area contributed by atoms with E-state index in [-0.39, 0.29) is 11.8 Å². The van der Waals surface area contributed by atoms with Gasteiger partial charge in [0.25, 0.3) is 0 Å². The maximum absolute atomic E-state index is 12.2. The average Bonchev–Trinajstić information content (AvgIpc) is 3.03. The molecule has 1 aliphatic heterocycles. The summed E-state index contributed by atoms with van der Waals surface area (Å²) in [4.78, 5) is 16.1. The Hall–Kier alpha value is -0.910. The number of nitrogens with zero attached hydrogens (tertiary/aromatic N) is 1. The molecular formula is C17H29N3OS. The quantitative estimate of drug-likeness (QED) is 0.810. The fourth-order valence-corrected chi connectivity index (χ4v) is 3.86. The Bertz CT molecular complexity index is 441. The van der Waals surface area contributed by atoms with Crippen molar-refractivity contribution in [2.75, 3.05) is 33.2 Å². The molecule has 0 saturated carbocycles. The third kappa shape index (κ3) is 4.80. The Labute approximate surface area is 138 Å². The molecular weight excluding hydrogens is 294 g/mol. The van der Waals surface area contributed by atoms with Crippen LogP contribution in [0.5, 0.6) is 0 Å². The SMILES string of the molecule is CNCC(C)C(=O)NCC(c1cccs1)N1CCC(C)CC1. The van der Waals surface area contributed by atoms with Gasteiger partial charge in [0, 0.05) is 23.9 Å². The van der Waals surface area contributed by atoms with E-state index in [1.54, 1.807) is 11.3 Å². The summed E-state index contributed by atoms with van der Waals surface area (Å²) in [6.45, 7) is 7.99. The Morgan fingerprint density at radius 1 is 1.41 bits per heavy atom. The molecule has 0 aromatic carbocycles. The minimum Gasteiger partial charge on any atom is -0.354 e. The Kier molecular flexibility index (Phi) is 6.86. The van der Waals surface area contributed by atoms with Crippen molar-refractivity contribution in [2.24, 2.45) is 11.8 Å². The van der Waals surface area contributed by atoms with Crippen molar-refractivity contribution in [1.82, 2.24) is 15.5 Å². The van der Waals surface area contributed by atoms with Gasteiger partial charge in [-0.25, -0.2) is 0 Å². The van der Waals surface area contributed by atoms with Crippen LogP contribution in [0, 0.1) is 11.8 Å². The molecule has 1 amide bonds. The third-order valence-electron chi connectivity index (χ3n) is 4.56. The number of rotatable bonds is 7.